The van der Waals surface area contributed by atoms with Gasteiger partial charge in [0.1, 0.15) is 29.5 Å². The molecular weight excluding hydrogens is 482 g/mol. The number of nitrogens with two attached hydrogens (primary N) is 1. The number of pyridine rings is 1. The van der Waals surface area contributed by atoms with Gasteiger partial charge in [0.25, 0.3) is 0 Å². The number of likely N-dealkylation sites (tertiary alicyclic amines) is 1. The maximum Gasteiger partial charge on any atom is 0.410 e. The third-order valence-corrected chi connectivity index (χ3v) is 6.35. The van der Waals surface area contributed by atoms with Crippen LogP contribution < -0.4 is 10.5 Å². The Morgan fingerprint density at radius 2 is 1.82 bits per heavy atom. The quantitative estimate of drug-likeness (QED) is 0.331. The first-order valence-corrected chi connectivity index (χ1v) is 12.7. The zero-order valence-electron chi connectivity index (χ0n) is 22.0. The number of piperidine rings is 1. The van der Waals surface area contributed by atoms with Gasteiger partial charge in [0, 0.05) is 19.0 Å². The van der Waals surface area contributed by atoms with Crippen LogP contribution in [0.2, 0.25) is 0 Å². The van der Waals surface area contributed by atoms with Crippen molar-refractivity contribution in [1.82, 2.24) is 9.88 Å². The highest BCUT2D eigenvalue weighted by atomic mass is 16.6. The van der Waals surface area contributed by atoms with Crippen molar-refractivity contribution < 1.29 is 23.9 Å². The minimum absolute atomic E-state index is 0.0158. The average molecular weight is 516 g/mol. The average Bonchev–Trinajstić information content (AvgIpc) is 2.91. The molecule has 1 atom stereocenters. The van der Waals surface area contributed by atoms with Crippen LogP contribution in [0.3, 0.4) is 0 Å². The first-order valence-electron chi connectivity index (χ1n) is 12.7. The van der Waals surface area contributed by atoms with Crippen molar-refractivity contribution in [3.8, 4) is 5.75 Å². The number of benzene rings is 2. The number of anilines is 1. The molecule has 1 fully saturated rings. The van der Waals surface area contributed by atoms with Crippen molar-refractivity contribution in [3.63, 3.8) is 0 Å². The van der Waals surface area contributed by atoms with Crippen molar-refractivity contribution in [3.05, 3.63) is 88.6 Å². The van der Waals surface area contributed by atoms with Crippen molar-refractivity contribution in [2.45, 2.75) is 51.7 Å². The van der Waals surface area contributed by atoms with Gasteiger partial charge in [-0.05, 0) is 62.9 Å². The van der Waals surface area contributed by atoms with E-state index in [9.17, 15) is 14.4 Å². The standard InChI is InChI=1S/C30H33N3O5/c1-30(2,3)38-29(36)33-15-9-12-21(17-33)23-16-25(32-28(31)24(23)18-34)27(35)22-13-7-8-14-26(22)37-19-20-10-5-4-6-11-20/h4-8,10-11,13-14,16,18,21H,9,12,15,17,19H2,1-3H3,(H2,31,32). The van der Waals surface area contributed by atoms with E-state index in [2.05, 4.69) is 4.98 Å². The number of carbonyl (C=O) groups excluding carboxylic acids is 3. The molecule has 0 saturated carbocycles. The van der Waals surface area contributed by atoms with Gasteiger partial charge < -0.3 is 20.1 Å². The number of carbonyl (C=O) groups is 3. The molecule has 8 heteroatoms. The van der Waals surface area contributed by atoms with Crippen LogP contribution in [-0.2, 0) is 11.3 Å². The van der Waals surface area contributed by atoms with E-state index >= 15 is 0 Å². The smallest absolute Gasteiger partial charge is 0.410 e. The summed E-state index contributed by atoms with van der Waals surface area (Å²) in [6.45, 7) is 6.67. The van der Waals surface area contributed by atoms with Gasteiger partial charge in [-0.1, -0.05) is 42.5 Å². The molecule has 0 spiro atoms. The van der Waals surface area contributed by atoms with Crippen molar-refractivity contribution in [2.75, 3.05) is 18.8 Å². The topological polar surface area (TPSA) is 112 Å². The number of rotatable bonds is 7. The van der Waals surface area contributed by atoms with Gasteiger partial charge in [0.15, 0.2) is 6.29 Å². The molecule has 2 N–H and O–H groups in total. The Morgan fingerprint density at radius 1 is 1.11 bits per heavy atom. The lowest BCUT2D eigenvalue weighted by Crippen LogP contribution is -2.42. The fraction of sp³-hybridized carbons (Fsp3) is 0.333. The van der Waals surface area contributed by atoms with Crippen LogP contribution in [0.5, 0.6) is 5.75 Å². The molecule has 1 unspecified atom stereocenters. The van der Waals surface area contributed by atoms with Crippen LogP contribution in [-0.4, -0.2) is 46.7 Å². The molecule has 0 radical (unpaired) electrons. The van der Waals surface area contributed by atoms with Gasteiger partial charge in [-0.2, -0.15) is 0 Å². The molecule has 198 valence electrons. The minimum Gasteiger partial charge on any atom is -0.488 e. The molecule has 0 bridgehead atoms. The summed E-state index contributed by atoms with van der Waals surface area (Å²) in [5.74, 6) is -0.147. The van der Waals surface area contributed by atoms with E-state index in [4.69, 9.17) is 15.2 Å². The Morgan fingerprint density at radius 3 is 2.53 bits per heavy atom. The number of hydrogen-bond acceptors (Lipinski definition) is 7. The Hall–Kier alpha value is -4.20. The summed E-state index contributed by atoms with van der Waals surface area (Å²) < 4.78 is 11.5. The monoisotopic (exact) mass is 515 g/mol. The van der Waals surface area contributed by atoms with Crippen molar-refractivity contribution in [1.29, 1.82) is 0 Å². The van der Waals surface area contributed by atoms with Crippen LogP contribution in [0.15, 0.2) is 60.7 Å². The molecule has 1 aromatic heterocycles. The first-order chi connectivity index (χ1) is 18.2. The number of ketones is 1. The highest BCUT2D eigenvalue weighted by Gasteiger charge is 2.31. The molecule has 38 heavy (non-hydrogen) atoms. The predicted molar refractivity (Wildman–Crippen MR) is 144 cm³/mol. The number of para-hydroxylation sites is 1. The number of amides is 1. The van der Waals surface area contributed by atoms with Crippen LogP contribution in [0.4, 0.5) is 10.6 Å². The third-order valence-electron chi connectivity index (χ3n) is 6.35. The molecule has 1 aliphatic heterocycles. The number of aromatic nitrogens is 1. The Kier molecular flexibility index (Phi) is 8.10. The maximum atomic E-state index is 13.6. The summed E-state index contributed by atoms with van der Waals surface area (Å²) in [4.78, 5) is 44.2. The summed E-state index contributed by atoms with van der Waals surface area (Å²) in [6.07, 6.45) is 1.71. The highest BCUT2D eigenvalue weighted by Crippen LogP contribution is 2.33. The van der Waals surface area contributed by atoms with Crippen LogP contribution in [0, 0.1) is 0 Å². The van der Waals surface area contributed by atoms with E-state index < -0.39 is 11.7 Å². The maximum absolute atomic E-state index is 13.6. The van der Waals surface area contributed by atoms with Gasteiger partial charge in [-0.3, -0.25) is 9.59 Å². The summed E-state index contributed by atoms with van der Waals surface area (Å²) >= 11 is 0. The summed E-state index contributed by atoms with van der Waals surface area (Å²) in [5.41, 5.74) is 7.84. The second kappa shape index (κ2) is 11.5. The molecule has 0 aliphatic carbocycles. The lowest BCUT2D eigenvalue weighted by molar-refractivity contribution is 0.0198. The Bertz CT molecular complexity index is 1320. The lowest BCUT2D eigenvalue weighted by atomic mass is 9.87. The largest absolute Gasteiger partial charge is 0.488 e. The molecule has 1 amide bonds. The molecule has 2 heterocycles. The van der Waals surface area contributed by atoms with Crippen molar-refractivity contribution >= 4 is 24.0 Å². The van der Waals surface area contributed by atoms with E-state index in [1.54, 1.807) is 35.2 Å². The number of ether oxygens (including phenoxy) is 2. The number of hydrogen-bond donors (Lipinski definition) is 1. The van der Waals surface area contributed by atoms with Gasteiger partial charge in [-0.15, -0.1) is 0 Å². The normalized spacial score (nSPS) is 15.6. The van der Waals surface area contributed by atoms with Crippen LogP contribution >= 0.6 is 0 Å². The molecule has 4 rings (SSSR count). The third kappa shape index (κ3) is 6.37. The predicted octanol–water partition coefficient (Wildman–Crippen LogP) is 5.40. The zero-order valence-corrected chi connectivity index (χ0v) is 22.0. The van der Waals surface area contributed by atoms with E-state index in [1.807, 2.05) is 51.1 Å². The first kappa shape index (κ1) is 26.9. The molecule has 3 aromatic rings. The molecule has 2 aromatic carbocycles. The minimum atomic E-state index is -0.616. The fourth-order valence-corrected chi connectivity index (χ4v) is 4.55. The van der Waals surface area contributed by atoms with E-state index in [1.165, 1.54) is 0 Å². The Labute approximate surface area is 222 Å². The van der Waals surface area contributed by atoms with Gasteiger partial charge >= 0.3 is 6.09 Å². The van der Waals surface area contributed by atoms with Gasteiger partial charge in [0.2, 0.25) is 5.78 Å². The second-order valence-corrected chi connectivity index (χ2v) is 10.4. The molecule has 8 nitrogen and oxygen atoms in total. The summed E-state index contributed by atoms with van der Waals surface area (Å²) in [7, 11) is 0. The van der Waals surface area contributed by atoms with Crippen LogP contribution in [0.25, 0.3) is 0 Å². The summed E-state index contributed by atoms with van der Waals surface area (Å²) in [5, 5.41) is 0. The van der Waals surface area contributed by atoms with E-state index in [0.717, 1.165) is 18.4 Å². The van der Waals surface area contributed by atoms with Gasteiger partial charge in [-0.25, -0.2) is 9.78 Å². The van der Waals surface area contributed by atoms with E-state index in [0.29, 0.717) is 42.9 Å². The number of aldehydes is 1. The SMILES string of the molecule is CC(C)(C)OC(=O)N1CCCC(c2cc(C(=O)c3ccccc3OCc3ccccc3)nc(N)c2C=O)C1. The molecular formula is C30H33N3O5. The summed E-state index contributed by atoms with van der Waals surface area (Å²) in [6, 6.07) is 18.3. The lowest BCUT2D eigenvalue weighted by Gasteiger charge is -2.34. The fourth-order valence-electron chi connectivity index (χ4n) is 4.55. The highest BCUT2D eigenvalue weighted by molar-refractivity contribution is 6.10. The Balaban J connectivity index is 1.61. The van der Waals surface area contributed by atoms with Crippen LogP contribution in [0.1, 0.15) is 77.1 Å². The number of nitrogen functional groups attached to an aromatic ring is 1. The van der Waals surface area contributed by atoms with Gasteiger partial charge in [0.05, 0.1) is 11.1 Å². The molecule has 1 saturated heterocycles. The molecule has 1 aliphatic rings. The number of nitrogens with zero attached hydrogens (tertiary/aromatic N) is 2. The zero-order chi connectivity index (χ0) is 27.3. The second-order valence-electron chi connectivity index (χ2n) is 10.4. The van der Waals surface area contributed by atoms with E-state index in [-0.39, 0.29) is 28.8 Å². The van der Waals surface area contributed by atoms with Crippen molar-refractivity contribution in [2.24, 2.45) is 0 Å².